The number of nitrogens with one attached hydrogen (secondary N) is 1. The van der Waals surface area contributed by atoms with Crippen molar-refractivity contribution in [2.24, 2.45) is 5.92 Å². The van der Waals surface area contributed by atoms with Crippen molar-refractivity contribution in [3.05, 3.63) is 34.1 Å². The summed E-state index contributed by atoms with van der Waals surface area (Å²) in [4.78, 5) is 25.7. The predicted octanol–water partition coefficient (Wildman–Crippen LogP) is 2.82. The molecule has 0 saturated heterocycles. The minimum absolute atomic E-state index is 0.0790. The van der Waals surface area contributed by atoms with Crippen LogP contribution in [0.5, 0.6) is 0 Å². The van der Waals surface area contributed by atoms with Gasteiger partial charge in [0.15, 0.2) is 0 Å². The highest BCUT2D eigenvalue weighted by Gasteiger charge is 2.25. The Hall–Kier alpha value is -1.43. The van der Waals surface area contributed by atoms with E-state index in [4.69, 9.17) is 0 Å². The number of nitrogens with zero attached hydrogens (tertiary/aromatic N) is 1. The average Bonchev–Trinajstić information content (AvgIpc) is 2.39. The maximum Gasteiger partial charge on any atom is 0.254 e. The van der Waals surface area contributed by atoms with Crippen LogP contribution in [0.25, 0.3) is 0 Å². The zero-order valence-electron chi connectivity index (χ0n) is 12.6. The SMILES string of the molecule is CC(C)CC(NC(=O)c1cccc(Br)c1F)C(=O)N(C)C. The van der Waals surface area contributed by atoms with Gasteiger partial charge in [-0.1, -0.05) is 19.9 Å². The van der Waals surface area contributed by atoms with Crippen molar-refractivity contribution < 1.29 is 14.0 Å². The first kappa shape index (κ1) is 17.6. The zero-order valence-corrected chi connectivity index (χ0v) is 14.2. The first-order valence-corrected chi connectivity index (χ1v) is 7.49. The Morgan fingerprint density at radius 1 is 1.33 bits per heavy atom. The van der Waals surface area contributed by atoms with Gasteiger partial charge in [-0.15, -0.1) is 0 Å². The molecule has 1 rings (SSSR count). The molecule has 1 aromatic rings. The maximum absolute atomic E-state index is 13.9. The van der Waals surface area contributed by atoms with Gasteiger partial charge in [-0.25, -0.2) is 4.39 Å². The minimum Gasteiger partial charge on any atom is -0.347 e. The van der Waals surface area contributed by atoms with Crippen molar-refractivity contribution in [1.29, 1.82) is 0 Å². The van der Waals surface area contributed by atoms with E-state index in [1.54, 1.807) is 20.2 Å². The van der Waals surface area contributed by atoms with Gasteiger partial charge in [0, 0.05) is 14.1 Å². The number of benzene rings is 1. The molecule has 0 radical (unpaired) electrons. The fourth-order valence-corrected chi connectivity index (χ4v) is 2.29. The Labute approximate surface area is 132 Å². The number of carbonyl (C=O) groups excluding carboxylic acids is 2. The molecule has 1 N–H and O–H groups in total. The van der Waals surface area contributed by atoms with Crippen LogP contribution in [-0.4, -0.2) is 36.9 Å². The minimum atomic E-state index is -0.661. The van der Waals surface area contributed by atoms with Crippen molar-refractivity contribution in [3.8, 4) is 0 Å². The molecule has 0 fully saturated rings. The van der Waals surface area contributed by atoms with Gasteiger partial charge in [-0.2, -0.15) is 0 Å². The van der Waals surface area contributed by atoms with Gasteiger partial charge in [0.2, 0.25) is 5.91 Å². The lowest BCUT2D eigenvalue weighted by molar-refractivity contribution is -0.131. The van der Waals surface area contributed by atoms with E-state index in [9.17, 15) is 14.0 Å². The Kier molecular flexibility index (Phi) is 6.33. The first-order chi connectivity index (χ1) is 9.73. The van der Waals surface area contributed by atoms with Crippen molar-refractivity contribution in [2.75, 3.05) is 14.1 Å². The Balaban J connectivity index is 2.95. The van der Waals surface area contributed by atoms with Gasteiger partial charge >= 0.3 is 0 Å². The summed E-state index contributed by atoms with van der Waals surface area (Å²) in [6.07, 6.45) is 0.498. The molecule has 1 unspecified atom stereocenters. The van der Waals surface area contributed by atoms with Crippen LogP contribution in [0.15, 0.2) is 22.7 Å². The van der Waals surface area contributed by atoms with Crippen molar-refractivity contribution in [3.63, 3.8) is 0 Å². The molecule has 6 heteroatoms. The summed E-state index contributed by atoms with van der Waals surface area (Å²) >= 11 is 3.04. The standard InChI is InChI=1S/C15H20BrFN2O2/c1-9(2)8-12(15(21)19(3)4)18-14(20)10-6-5-7-11(16)13(10)17/h5-7,9,12H,8H2,1-4H3,(H,18,20). The topological polar surface area (TPSA) is 49.4 Å². The second-order valence-corrected chi connectivity index (χ2v) is 6.34. The molecule has 0 heterocycles. The number of carbonyl (C=O) groups is 2. The van der Waals surface area contributed by atoms with E-state index in [0.717, 1.165) is 0 Å². The summed E-state index contributed by atoms with van der Waals surface area (Å²) in [5.74, 6) is -1.19. The normalized spacial score (nSPS) is 12.1. The van der Waals surface area contributed by atoms with Crippen LogP contribution < -0.4 is 5.32 Å². The highest BCUT2D eigenvalue weighted by atomic mass is 79.9. The molecule has 0 aliphatic carbocycles. The van der Waals surface area contributed by atoms with Gasteiger partial charge in [0.05, 0.1) is 10.0 Å². The summed E-state index contributed by atoms with van der Waals surface area (Å²) in [7, 11) is 3.25. The number of halogens is 2. The highest BCUT2D eigenvalue weighted by molar-refractivity contribution is 9.10. The molecule has 0 aromatic heterocycles. The number of hydrogen-bond acceptors (Lipinski definition) is 2. The van der Waals surface area contributed by atoms with Crippen LogP contribution in [0.2, 0.25) is 0 Å². The third kappa shape index (κ3) is 4.81. The largest absolute Gasteiger partial charge is 0.347 e. The number of amides is 2. The zero-order chi connectivity index (χ0) is 16.2. The second-order valence-electron chi connectivity index (χ2n) is 5.49. The van der Waals surface area contributed by atoms with Gasteiger partial charge in [0.25, 0.3) is 5.91 Å². The van der Waals surface area contributed by atoms with Gasteiger partial charge in [-0.05, 0) is 40.4 Å². The molecular formula is C15H20BrFN2O2. The van der Waals surface area contributed by atoms with E-state index in [2.05, 4.69) is 21.2 Å². The van der Waals surface area contributed by atoms with Crippen molar-refractivity contribution in [1.82, 2.24) is 10.2 Å². The summed E-state index contributed by atoms with van der Waals surface area (Å²) in [6.45, 7) is 3.92. The molecule has 0 bridgehead atoms. The van der Waals surface area contributed by atoms with Gasteiger partial charge < -0.3 is 10.2 Å². The third-order valence-electron chi connectivity index (χ3n) is 2.95. The molecule has 0 aliphatic heterocycles. The lowest BCUT2D eigenvalue weighted by Crippen LogP contribution is -2.47. The predicted molar refractivity (Wildman–Crippen MR) is 83.5 cm³/mol. The molecule has 1 aromatic carbocycles. The second kappa shape index (κ2) is 7.54. The van der Waals surface area contributed by atoms with Crippen LogP contribution in [0.4, 0.5) is 4.39 Å². The molecule has 2 amide bonds. The van der Waals surface area contributed by atoms with E-state index in [1.165, 1.54) is 17.0 Å². The van der Waals surface area contributed by atoms with Crippen LogP contribution in [0.3, 0.4) is 0 Å². The molecule has 1 atom stereocenters. The molecule has 0 spiro atoms. The smallest absolute Gasteiger partial charge is 0.254 e. The summed E-state index contributed by atoms with van der Waals surface area (Å²) in [6, 6.07) is 3.82. The van der Waals surface area contributed by atoms with Crippen molar-refractivity contribution >= 4 is 27.7 Å². The monoisotopic (exact) mass is 358 g/mol. The van der Waals surface area contributed by atoms with Gasteiger partial charge in [-0.3, -0.25) is 9.59 Å². The van der Waals surface area contributed by atoms with E-state index in [-0.39, 0.29) is 21.9 Å². The van der Waals surface area contributed by atoms with E-state index in [1.807, 2.05) is 13.8 Å². The Morgan fingerprint density at radius 3 is 2.48 bits per heavy atom. The van der Waals surface area contributed by atoms with E-state index in [0.29, 0.717) is 6.42 Å². The van der Waals surface area contributed by atoms with Crippen LogP contribution in [0, 0.1) is 11.7 Å². The lowest BCUT2D eigenvalue weighted by Gasteiger charge is -2.23. The molecule has 116 valence electrons. The number of likely N-dealkylation sites (N-methyl/N-ethyl adjacent to an activating group) is 1. The lowest BCUT2D eigenvalue weighted by atomic mass is 10.0. The first-order valence-electron chi connectivity index (χ1n) is 6.70. The summed E-state index contributed by atoms with van der Waals surface area (Å²) in [5.41, 5.74) is -0.0790. The van der Waals surface area contributed by atoms with Crippen LogP contribution in [-0.2, 0) is 4.79 Å². The molecule has 4 nitrogen and oxygen atoms in total. The van der Waals surface area contributed by atoms with E-state index < -0.39 is 17.8 Å². The summed E-state index contributed by atoms with van der Waals surface area (Å²) in [5, 5.41) is 2.62. The molecule has 0 aliphatic rings. The number of rotatable bonds is 5. The highest BCUT2D eigenvalue weighted by Crippen LogP contribution is 2.19. The fourth-order valence-electron chi connectivity index (χ4n) is 1.92. The van der Waals surface area contributed by atoms with Gasteiger partial charge in [0.1, 0.15) is 11.9 Å². The Bertz CT molecular complexity index is 532. The molecule has 0 saturated carbocycles. The van der Waals surface area contributed by atoms with Crippen molar-refractivity contribution in [2.45, 2.75) is 26.3 Å². The Morgan fingerprint density at radius 2 is 1.95 bits per heavy atom. The summed E-state index contributed by atoms with van der Waals surface area (Å²) < 4.78 is 14.1. The quantitative estimate of drug-likeness (QED) is 0.879. The average molecular weight is 359 g/mol. The van der Waals surface area contributed by atoms with E-state index >= 15 is 0 Å². The maximum atomic E-state index is 13.9. The number of hydrogen-bond donors (Lipinski definition) is 1. The third-order valence-corrected chi connectivity index (χ3v) is 3.56. The fraction of sp³-hybridized carbons (Fsp3) is 0.467. The molecule has 21 heavy (non-hydrogen) atoms. The van der Waals surface area contributed by atoms with Crippen LogP contribution in [0.1, 0.15) is 30.6 Å². The van der Waals surface area contributed by atoms with Crippen LogP contribution >= 0.6 is 15.9 Å². The molecular weight excluding hydrogens is 339 g/mol.